The minimum atomic E-state index is -2.79. The van der Waals surface area contributed by atoms with E-state index in [9.17, 15) is 8.42 Å². The van der Waals surface area contributed by atoms with Crippen molar-refractivity contribution in [1.82, 2.24) is 15.5 Å². The second-order valence-electron chi connectivity index (χ2n) is 6.04. The molecule has 1 aromatic heterocycles. The molecule has 6 heteroatoms. The molecule has 0 saturated carbocycles. The van der Waals surface area contributed by atoms with E-state index < -0.39 is 9.84 Å². The predicted octanol–water partition coefficient (Wildman–Crippen LogP) is 1.91. The average Bonchev–Trinajstić information content (AvgIpc) is 3.06. The summed E-state index contributed by atoms with van der Waals surface area (Å²) in [4.78, 5) is 0. The molecule has 1 aromatic carbocycles. The van der Waals surface area contributed by atoms with Crippen molar-refractivity contribution in [3.05, 3.63) is 41.6 Å². The largest absolute Gasteiger partial charge is 0.312 e. The Morgan fingerprint density at radius 2 is 2.09 bits per heavy atom. The molecule has 1 aliphatic rings. The van der Waals surface area contributed by atoms with Crippen molar-refractivity contribution in [3.63, 3.8) is 0 Å². The quantitative estimate of drug-likeness (QED) is 0.883. The maximum absolute atomic E-state index is 11.5. The van der Waals surface area contributed by atoms with E-state index in [0.717, 1.165) is 29.8 Å². The van der Waals surface area contributed by atoms with Gasteiger partial charge in [-0.25, -0.2) is 8.42 Å². The average molecular weight is 319 g/mol. The van der Waals surface area contributed by atoms with Crippen molar-refractivity contribution in [2.75, 3.05) is 18.1 Å². The topological polar surface area (TPSA) is 74.8 Å². The third-order valence-electron chi connectivity index (χ3n) is 4.13. The third kappa shape index (κ3) is 3.56. The minimum Gasteiger partial charge on any atom is -0.312 e. The zero-order valence-corrected chi connectivity index (χ0v) is 13.5. The summed E-state index contributed by atoms with van der Waals surface area (Å²) in [6.07, 6.45) is 2.60. The molecule has 0 radical (unpaired) electrons. The number of H-pyrrole nitrogens is 1. The van der Waals surface area contributed by atoms with Crippen molar-refractivity contribution < 1.29 is 8.42 Å². The van der Waals surface area contributed by atoms with Crippen LogP contribution in [0.3, 0.4) is 0 Å². The highest BCUT2D eigenvalue weighted by Crippen LogP contribution is 2.22. The van der Waals surface area contributed by atoms with Gasteiger partial charge in [0.25, 0.3) is 0 Å². The van der Waals surface area contributed by atoms with E-state index in [-0.39, 0.29) is 5.92 Å². The van der Waals surface area contributed by atoms with Gasteiger partial charge in [-0.2, -0.15) is 5.10 Å². The molecular weight excluding hydrogens is 298 g/mol. The Labute approximate surface area is 131 Å². The SMILES string of the molecule is Cc1ccc(-c2[nH]ncc2CNC[C@H]2CCS(=O)(=O)C2)cc1. The van der Waals surface area contributed by atoms with E-state index in [1.54, 1.807) is 0 Å². The van der Waals surface area contributed by atoms with Crippen molar-refractivity contribution in [1.29, 1.82) is 0 Å². The third-order valence-corrected chi connectivity index (χ3v) is 5.97. The van der Waals surface area contributed by atoms with E-state index >= 15 is 0 Å². The molecule has 1 fully saturated rings. The predicted molar refractivity (Wildman–Crippen MR) is 87.2 cm³/mol. The smallest absolute Gasteiger partial charge is 0.150 e. The fourth-order valence-corrected chi connectivity index (χ4v) is 4.72. The van der Waals surface area contributed by atoms with Crippen LogP contribution >= 0.6 is 0 Å². The molecule has 2 heterocycles. The zero-order chi connectivity index (χ0) is 15.6. The van der Waals surface area contributed by atoms with Gasteiger partial charge in [0.15, 0.2) is 9.84 Å². The molecule has 0 spiro atoms. The van der Waals surface area contributed by atoms with Crippen molar-refractivity contribution in [3.8, 4) is 11.3 Å². The van der Waals surface area contributed by atoms with Gasteiger partial charge in [0, 0.05) is 12.1 Å². The fraction of sp³-hybridized carbons (Fsp3) is 0.438. The van der Waals surface area contributed by atoms with E-state index in [2.05, 4.69) is 46.7 Å². The van der Waals surface area contributed by atoms with E-state index in [1.807, 2.05) is 6.20 Å². The number of hydrogen-bond acceptors (Lipinski definition) is 4. The van der Waals surface area contributed by atoms with Crippen LogP contribution in [0.4, 0.5) is 0 Å². The molecule has 3 rings (SSSR count). The Kier molecular flexibility index (Phi) is 4.31. The summed E-state index contributed by atoms with van der Waals surface area (Å²) >= 11 is 0. The number of rotatable bonds is 5. The van der Waals surface area contributed by atoms with Crippen LogP contribution in [0.2, 0.25) is 0 Å². The molecule has 0 amide bonds. The number of aromatic amines is 1. The zero-order valence-electron chi connectivity index (χ0n) is 12.7. The molecule has 0 unspecified atom stereocenters. The number of sulfone groups is 1. The summed E-state index contributed by atoms with van der Waals surface area (Å²) in [6.45, 7) is 3.49. The van der Waals surface area contributed by atoms with Crippen LogP contribution in [0, 0.1) is 12.8 Å². The first-order valence-corrected chi connectivity index (χ1v) is 9.36. The van der Waals surface area contributed by atoms with Gasteiger partial charge in [0.05, 0.1) is 23.4 Å². The summed E-state index contributed by atoms with van der Waals surface area (Å²) in [5.74, 6) is 0.885. The highest BCUT2D eigenvalue weighted by atomic mass is 32.2. The van der Waals surface area contributed by atoms with Crippen molar-refractivity contribution >= 4 is 9.84 Å². The maximum Gasteiger partial charge on any atom is 0.150 e. The number of aryl methyl sites for hydroxylation is 1. The molecule has 0 bridgehead atoms. The Balaban J connectivity index is 1.60. The number of hydrogen-bond donors (Lipinski definition) is 2. The summed E-state index contributed by atoms with van der Waals surface area (Å²) in [7, 11) is -2.79. The van der Waals surface area contributed by atoms with Crippen molar-refractivity contribution in [2.24, 2.45) is 5.92 Å². The molecule has 22 heavy (non-hydrogen) atoms. The first kappa shape index (κ1) is 15.2. The Bertz CT molecular complexity index is 735. The van der Waals surface area contributed by atoms with Gasteiger partial charge < -0.3 is 5.32 Å². The lowest BCUT2D eigenvalue weighted by atomic mass is 10.1. The first-order valence-electron chi connectivity index (χ1n) is 7.54. The van der Waals surface area contributed by atoms with Gasteiger partial charge in [-0.1, -0.05) is 29.8 Å². The molecule has 0 aliphatic carbocycles. The summed E-state index contributed by atoms with van der Waals surface area (Å²) in [5, 5.41) is 10.5. The molecule has 118 valence electrons. The standard InChI is InChI=1S/C16H21N3O2S/c1-12-2-4-14(5-3-12)16-15(10-18-19-16)9-17-8-13-6-7-22(20,21)11-13/h2-5,10,13,17H,6-9,11H2,1H3,(H,18,19)/t13-/m1/s1. The lowest BCUT2D eigenvalue weighted by molar-refractivity contribution is 0.521. The fourth-order valence-electron chi connectivity index (χ4n) is 2.86. The van der Waals surface area contributed by atoms with Crippen LogP contribution in [0.25, 0.3) is 11.3 Å². The van der Waals surface area contributed by atoms with Gasteiger partial charge in [-0.05, 0) is 31.4 Å². The first-order chi connectivity index (χ1) is 10.5. The summed E-state index contributed by atoms with van der Waals surface area (Å²) in [5.41, 5.74) is 4.46. The Morgan fingerprint density at radius 1 is 1.32 bits per heavy atom. The molecule has 1 aliphatic heterocycles. The van der Waals surface area contributed by atoms with Gasteiger partial charge in [0.2, 0.25) is 0 Å². The molecule has 2 N–H and O–H groups in total. The van der Waals surface area contributed by atoms with Gasteiger partial charge in [-0.15, -0.1) is 0 Å². The highest BCUT2D eigenvalue weighted by molar-refractivity contribution is 7.91. The monoisotopic (exact) mass is 319 g/mol. The molecule has 5 nitrogen and oxygen atoms in total. The van der Waals surface area contributed by atoms with Crippen LogP contribution < -0.4 is 5.32 Å². The number of nitrogens with one attached hydrogen (secondary N) is 2. The summed E-state index contributed by atoms with van der Waals surface area (Å²) in [6, 6.07) is 8.32. The van der Waals surface area contributed by atoms with E-state index in [1.165, 1.54) is 5.56 Å². The molecule has 2 aromatic rings. The summed E-state index contributed by atoms with van der Waals surface area (Å²) < 4.78 is 22.9. The molecule has 1 atom stereocenters. The van der Waals surface area contributed by atoms with Crippen molar-refractivity contribution in [2.45, 2.75) is 19.9 Å². The molecule has 1 saturated heterocycles. The van der Waals surface area contributed by atoms with Gasteiger partial charge in [-0.3, -0.25) is 5.10 Å². The number of benzene rings is 1. The normalized spacial score (nSPS) is 20.3. The Morgan fingerprint density at radius 3 is 2.77 bits per heavy atom. The van der Waals surface area contributed by atoms with E-state index in [0.29, 0.717) is 18.1 Å². The van der Waals surface area contributed by atoms with Gasteiger partial charge in [0.1, 0.15) is 0 Å². The van der Waals surface area contributed by atoms with Crippen LogP contribution in [-0.4, -0.2) is 36.7 Å². The number of aromatic nitrogens is 2. The maximum atomic E-state index is 11.5. The highest BCUT2D eigenvalue weighted by Gasteiger charge is 2.27. The number of nitrogens with zero attached hydrogens (tertiary/aromatic N) is 1. The van der Waals surface area contributed by atoms with Crippen LogP contribution in [-0.2, 0) is 16.4 Å². The molecular formula is C16H21N3O2S. The Hall–Kier alpha value is -1.66. The van der Waals surface area contributed by atoms with Crippen LogP contribution in [0.15, 0.2) is 30.5 Å². The minimum absolute atomic E-state index is 0.236. The second kappa shape index (κ2) is 6.22. The van der Waals surface area contributed by atoms with E-state index in [4.69, 9.17) is 0 Å². The van der Waals surface area contributed by atoms with Gasteiger partial charge >= 0.3 is 0 Å². The van der Waals surface area contributed by atoms with Crippen LogP contribution in [0.1, 0.15) is 17.5 Å². The lowest BCUT2D eigenvalue weighted by Crippen LogP contribution is -2.23. The second-order valence-corrected chi connectivity index (χ2v) is 8.26. The lowest BCUT2D eigenvalue weighted by Gasteiger charge is -2.10. The van der Waals surface area contributed by atoms with Crippen LogP contribution in [0.5, 0.6) is 0 Å².